The summed E-state index contributed by atoms with van der Waals surface area (Å²) in [5.74, 6) is -0.206. The van der Waals surface area contributed by atoms with Gasteiger partial charge in [0.2, 0.25) is 0 Å². The minimum absolute atomic E-state index is 0. The first-order valence-corrected chi connectivity index (χ1v) is 7.65. The quantitative estimate of drug-likeness (QED) is 0.378. The molecule has 0 radical (unpaired) electrons. The Morgan fingerprint density at radius 2 is 1.71 bits per heavy atom. The molecule has 0 saturated heterocycles. The molecule has 5 rings (SSSR count). The number of rotatable bonds is 0. The third kappa shape index (κ3) is 1.98. The van der Waals surface area contributed by atoms with E-state index in [2.05, 4.69) is 52.3 Å². The normalized spacial score (nSPS) is 11.4. The van der Waals surface area contributed by atoms with Gasteiger partial charge in [-0.05, 0) is 55.5 Å². The fourth-order valence-corrected chi connectivity index (χ4v) is 3.45. The molecule has 2 nitrogen and oxygen atoms in total. The number of aryl methyl sites for hydroxylation is 1. The summed E-state index contributed by atoms with van der Waals surface area (Å²) in [6.45, 7) is 2.11. The number of benzene rings is 2. The molecule has 2 aromatic carbocycles. The molecule has 0 aliphatic rings. The molecule has 0 atom stereocenters. The van der Waals surface area contributed by atoms with Crippen LogP contribution >= 0.6 is 0 Å². The molecular weight excluding hydrogens is 323 g/mol. The molecule has 0 aliphatic carbocycles. The van der Waals surface area contributed by atoms with Crippen molar-refractivity contribution in [2.24, 2.45) is 0 Å². The summed E-state index contributed by atoms with van der Waals surface area (Å²) in [4.78, 5) is 0. The maximum absolute atomic E-state index is 13.5. The standard InChI is InChI=1S/C20H14FN2.ClH/c1-13-2-7-19-14(10-13)3-6-17-12-22-18-8-5-16(21)11-15(18)4-9-20(22)23(17)19;/h2-12H,1H3;1H/q+1;/p-1. The van der Waals surface area contributed by atoms with Gasteiger partial charge in [0.25, 0.3) is 5.65 Å². The highest BCUT2D eigenvalue weighted by atomic mass is 35.5. The second-order valence-electron chi connectivity index (χ2n) is 6.05. The Morgan fingerprint density at radius 3 is 2.58 bits per heavy atom. The minimum atomic E-state index is -0.206. The minimum Gasteiger partial charge on any atom is -1.00 e. The molecule has 24 heavy (non-hydrogen) atoms. The second kappa shape index (κ2) is 5.18. The Bertz CT molecular complexity index is 1240. The highest BCUT2D eigenvalue weighted by molar-refractivity contribution is 5.86. The number of imidazole rings is 1. The van der Waals surface area contributed by atoms with Crippen LogP contribution in [0.25, 0.3) is 33.0 Å². The van der Waals surface area contributed by atoms with E-state index in [1.54, 1.807) is 6.07 Å². The number of pyridine rings is 2. The van der Waals surface area contributed by atoms with Crippen LogP contribution in [0.4, 0.5) is 4.39 Å². The molecular formula is C20H14ClFN2. The molecule has 0 spiro atoms. The fraction of sp³-hybridized carbons (Fsp3) is 0.0500. The summed E-state index contributed by atoms with van der Waals surface area (Å²) in [5, 5.41) is 2.12. The lowest BCUT2D eigenvalue weighted by Gasteiger charge is -2.00. The van der Waals surface area contributed by atoms with Crippen LogP contribution in [-0.4, -0.2) is 4.40 Å². The van der Waals surface area contributed by atoms with Gasteiger partial charge in [-0.1, -0.05) is 11.6 Å². The molecule has 0 aliphatic heterocycles. The molecule has 0 amide bonds. The van der Waals surface area contributed by atoms with Crippen molar-refractivity contribution in [1.82, 2.24) is 4.40 Å². The van der Waals surface area contributed by atoms with Gasteiger partial charge < -0.3 is 12.4 Å². The third-order valence-corrected chi connectivity index (χ3v) is 4.51. The summed E-state index contributed by atoms with van der Waals surface area (Å²) in [6, 6.07) is 19.7. The van der Waals surface area contributed by atoms with Gasteiger partial charge in [0.15, 0.2) is 5.52 Å². The van der Waals surface area contributed by atoms with Crippen LogP contribution in [-0.2, 0) is 0 Å². The second-order valence-corrected chi connectivity index (χ2v) is 6.05. The zero-order valence-corrected chi connectivity index (χ0v) is 13.8. The van der Waals surface area contributed by atoms with Crippen molar-refractivity contribution in [2.45, 2.75) is 6.92 Å². The zero-order chi connectivity index (χ0) is 15.6. The number of aromatic nitrogens is 2. The molecule has 3 heterocycles. The van der Waals surface area contributed by atoms with E-state index in [9.17, 15) is 4.39 Å². The van der Waals surface area contributed by atoms with E-state index in [1.165, 1.54) is 22.5 Å². The van der Waals surface area contributed by atoms with Gasteiger partial charge >= 0.3 is 0 Å². The number of nitrogens with zero attached hydrogens (tertiary/aromatic N) is 2. The maximum atomic E-state index is 13.5. The Morgan fingerprint density at radius 1 is 0.875 bits per heavy atom. The van der Waals surface area contributed by atoms with E-state index >= 15 is 0 Å². The fourth-order valence-electron chi connectivity index (χ4n) is 3.45. The number of halogens is 2. The molecule has 0 N–H and O–H groups in total. The molecule has 118 valence electrons. The van der Waals surface area contributed by atoms with E-state index in [1.807, 2.05) is 18.2 Å². The SMILES string of the molecule is Cc1ccc2c(ccc3c[n+]4c5ccc(F)cc5ccc4n32)c1.[Cl-]. The highest BCUT2D eigenvalue weighted by Gasteiger charge is 2.16. The molecule has 3 aromatic heterocycles. The summed E-state index contributed by atoms with van der Waals surface area (Å²) in [5.41, 5.74) is 5.64. The highest BCUT2D eigenvalue weighted by Crippen LogP contribution is 2.22. The molecule has 5 aromatic rings. The molecule has 0 unspecified atom stereocenters. The van der Waals surface area contributed by atoms with Crippen molar-refractivity contribution < 1.29 is 21.2 Å². The van der Waals surface area contributed by atoms with Gasteiger partial charge in [-0.25, -0.2) is 4.39 Å². The van der Waals surface area contributed by atoms with Crippen molar-refractivity contribution in [3.63, 3.8) is 0 Å². The van der Waals surface area contributed by atoms with Gasteiger partial charge in [-0.3, -0.25) is 0 Å². The lowest BCUT2D eigenvalue weighted by Crippen LogP contribution is -3.00. The molecule has 0 fully saturated rings. The van der Waals surface area contributed by atoms with E-state index < -0.39 is 0 Å². The zero-order valence-electron chi connectivity index (χ0n) is 13.0. The topological polar surface area (TPSA) is 8.51 Å². The first-order chi connectivity index (χ1) is 11.2. The van der Waals surface area contributed by atoms with Crippen molar-refractivity contribution in [3.05, 3.63) is 78.2 Å². The summed E-state index contributed by atoms with van der Waals surface area (Å²) >= 11 is 0. The van der Waals surface area contributed by atoms with Crippen LogP contribution < -0.4 is 16.8 Å². The first kappa shape index (κ1) is 14.9. The van der Waals surface area contributed by atoms with Crippen molar-refractivity contribution in [3.8, 4) is 0 Å². The van der Waals surface area contributed by atoms with Crippen LogP contribution in [0.5, 0.6) is 0 Å². The van der Waals surface area contributed by atoms with Crippen molar-refractivity contribution in [1.29, 1.82) is 0 Å². The molecule has 4 heteroatoms. The number of fused-ring (bicyclic) bond motifs is 7. The van der Waals surface area contributed by atoms with Crippen LogP contribution in [0.3, 0.4) is 0 Å². The predicted molar refractivity (Wildman–Crippen MR) is 90.3 cm³/mol. The maximum Gasteiger partial charge on any atom is 0.292 e. The average molecular weight is 337 g/mol. The van der Waals surface area contributed by atoms with Crippen molar-refractivity contribution >= 4 is 33.0 Å². The number of hydrogen-bond acceptors (Lipinski definition) is 0. The van der Waals surface area contributed by atoms with Crippen LogP contribution in [0.2, 0.25) is 0 Å². The van der Waals surface area contributed by atoms with Gasteiger partial charge in [0, 0.05) is 16.8 Å². The van der Waals surface area contributed by atoms with Crippen LogP contribution in [0.1, 0.15) is 5.56 Å². The van der Waals surface area contributed by atoms with Gasteiger partial charge in [-0.2, -0.15) is 8.80 Å². The Hall–Kier alpha value is -2.65. The smallest absolute Gasteiger partial charge is 0.292 e. The van der Waals surface area contributed by atoms with E-state index in [4.69, 9.17) is 0 Å². The number of hydrogen-bond donors (Lipinski definition) is 0. The molecule has 0 bridgehead atoms. The summed E-state index contributed by atoms with van der Waals surface area (Å²) in [6.07, 6.45) is 2.11. The molecule has 0 saturated carbocycles. The summed E-state index contributed by atoms with van der Waals surface area (Å²) < 4.78 is 17.8. The van der Waals surface area contributed by atoms with Gasteiger partial charge in [-0.15, -0.1) is 0 Å². The monoisotopic (exact) mass is 336 g/mol. The van der Waals surface area contributed by atoms with Crippen molar-refractivity contribution in [2.75, 3.05) is 0 Å². The average Bonchev–Trinajstić information content (AvgIpc) is 2.93. The van der Waals surface area contributed by atoms with Crippen LogP contribution in [0, 0.1) is 12.7 Å². The Balaban J connectivity index is 0.00000146. The van der Waals surface area contributed by atoms with E-state index in [-0.39, 0.29) is 18.2 Å². The predicted octanol–water partition coefficient (Wildman–Crippen LogP) is 1.44. The Kier molecular flexibility index (Phi) is 3.22. The summed E-state index contributed by atoms with van der Waals surface area (Å²) in [7, 11) is 0. The van der Waals surface area contributed by atoms with Crippen LogP contribution in [0.15, 0.2) is 66.9 Å². The first-order valence-electron chi connectivity index (χ1n) is 7.65. The van der Waals surface area contributed by atoms with E-state index in [0.29, 0.717) is 0 Å². The van der Waals surface area contributed by atoms with E-state index in [0.717, 1.165) is 22.1 Å². The lowest BCUT2D eigenvalue weighted by atomic mass is 10.1. The third-order valence-electron chi connectivity index (χ3n) is 4.51. The van der Waals surface area contributed by atoms with Gasteiger partial charge in [0.1, 0.15) is 23.0 Å². The van der Waals surface area contributed by atoms with Gasteiger partial charge in [0.05, 0.1) is 0 Å². The Labute approximate surface area is 144 Å². The lowest BCUT2D eigenvalue weighted by molar-refractivity contribution is -0.479. The largest absolute Gasteiger partial charge is 1.00 e.